The third-order valence-electron chi connectivity index (χ3n) is 2.55. The molecule has 1 aromatic rings. The summed E-state index contributed by atoms with van der Waals surface area (Å²) in [5, 5.41) is 8.62. The molecule has 3 nitrogen and oxygen atoms in total. The van der Waals surface area contributed by atoms with Crippen LogP contribution in [0.4, 0.5) is 0 Å². The molecule has 0 radical (unpaired) electrons. The maximum absolute atomic E-state index is 10.5. The fraction of sp³-hybridized carbons (Fsp3) is 0.417. The van der Waals surface area contributed by atoms with Crippen molar-refractivity contribution in [1.29, 1.82) is 0 Å². The van der Waals surface area contributed by atoms with Gasteiger partial charge in [0.15, 0.2) is 0 Å². The van der Waals surface area contributed by atoms with Crippen molar-refractivity contribution in [3.8, 4) is 0 Å². The van der Waals surface area contributed by atoms with Gasteiger partial charge in [-0.1, -0.05) is 28.9 Å². The molecule has 0 aliphatic heterocycles. The SMILES string of the molecule is CCc1cc(Br)ccc1C(N)CCC(=O)O. The van der Waals surface area contributed by atoms with E-state index in [0.717, 1.165) is 16.5 Å². The van der Waals surface area contributed by atoms with E-state index in [1.807, 2.05) is 18.2 Å². The smallest absolute Gasteiger partial charge is 0.303 e. The first kappa shape index (κ1) is 13.2. The summed E-state index contributed by atoms with van der Waals surface area (Å²) in [6.07, 6.45) is 1.49. The van der Waals surface area contributed by atoms with Gasteiger partial charge < -0.3 is 10.8 Å². The third-order valence-corrected chi connectivity index (χ3v) is 3.05. The Bertz CT molecular complexity index is 379. The molecule has 0 amide bonds. The van der Waals surface area contributed by atoms with Crippen LogP contribution in [0.25, 0.3) is 0 Å². The topological polar surface area (TPSA) is 63.3 Å². The van der Waals surface area contributed by atoms with E-state index in [9.17, 15) is 4.79 Å². The average Bonchev–Trinajstić information content (AvgIpc) is 2.25. The minimum atomic E-state index is -0.800. The van der Waals surface area contributed by atoms with Gasteiger partial charge in [0.2, 0.25) is 0 Å². The summed E-state index contributed by atoms with van der Waals surface area (Å²) in [6, 6.07) is 5.75. The van der Waals surface area contributed by atoms with Gasteiger partial charge in [-0.3, -0.25) is 4.79 Å². The first-order chi connectivity index (χ1) is 7.54. The maximum Gasteiger partial charge on any atom is 0.303 e. The highest BCUT2D eigenvalue weighted by Crippen LogP contribution is 2.24. The van der Waals surface area contributed by atoms with Crippen LogP contribution in [0.15, 0.2) is 22.7 Å². The van der Waals surface area contributed by atoms with Crippen molar-refractivity contribution >= 4 is 21.9 Å². The lowest BCUT2D eigenvalue weighted by molar-refractivity contribution is -0.137. The van der Waals surface area contributed by atoms with Crippen molar-refractivity contribution in [3.05, 3.63) is 33.8 Å². The first-order valence-electron chi connectivity index (χ1n) is 5.30. The van der Waals surface area contributed by atoms with Crippen molar-refractivity contribution in [2.75, 3.05) is 0 Å². The lowest BCUT2D eigenvalue weighted by Crippen LogP contribution is -2.14. The van der Waals surface area contributed by atoms with Crippen LogP contribution in [0.1, 0.15) is 36.9 Å². The predicted octanol–water partition coefficient (Wildman–Crippen LogP) is 2.88. The molecule has 0 bridgehead atoms. The molecule has 88 valence electrons. The number of halogens is 1. The van der Waals surface area contributed by atoms with Crippen LogP contribution in [0, 0.1) is 0 Å². The first-order valence-corrected chi connectivity index (χ1v) is 6.09. The summed E-state index contributed by atoms with van der Waals surface area (Å²) in [7, 11) is 0. The molecule has 1 aromatic carbocycles. The molecular weight excluding hydrogens is 270 g/mol. The van der Waals surface area contributed by atoms with Crippen molar-refractivity contribution in [3.63, 3.8) is 0 Å². The minimum Gasteiger partial charge on any atom is -0.481 e. The number of nitrogens with two attached hydrogens (primary N) is 1. The second kappa shape index (κ2) is 6.01. The van der Waals surface area contributed by atoms with E-state index in [1.54, 1.807) is 0 Å². The Hall–Kier alpha value is -0.870. The molecule has 3 N–H and O–H groups in total. The van der Waals surface area contributed by atoms with Gasteiger partial charge >= 0.3 is 5.97 Å². The van der Waals surface area contributed by atoms with E-state index in [1.165, 1.54) is 5.56 Å². The van der Waals surface area contributed by atoms with Gasteiger partial charge in [0.1, 0.15) is 0 Å². The van der Waals surface area contributed by atoms with Crippen LogP contribution in [-0.2, 0) is 11.2 Å². The zero-order valence-electron chi connectivity index (χ0n) is 9.24. The number of carboxylic acid groups (broad SMARTS) is 1. The third kappa shape index (κ3) is 3.61. The molecule has 0 spiro atoms. The second-order valence-corrected chi connectivity index (χ2v) is 4.65. The highest BCUT2D eigenvalue weighted by molar-refractivity contribution is 9.10. The number of hydrogen-bond acceptors (Lipinski definition) is 2. The summed E-state index contributed by atoms with van der Waals surface area (Å²) >= 11 is 3.41. The second-order valence-electron chi connectivity index (χ2n) is 3.74. The molecule has 1 unspecified atom stereocenters. The number of carbonyl (C=O) groups is 1. The van der Waals surface area contributed by atoms with Crippen molar-refractivity contribution in [1.82, 2.24) is 0 Å². The Morgan fingerprint density at radius 1 is 1.56 bits per heavy atom. The standard InChI is InChI=1S/C12H16BrNO2/c1-2-8-7-9(13)3-4-10(8)11(14)5-6-12(15)16/h3-4,7,11H,2,5-6,14H2,1H3,(H,15,16). The van der Waals surface area contributed by atoms with Gasteiger partial charge in [0.05, 0.1) is 0 Å². The summed E-state index contributed by atoms with van der Waals surface area (Å²) in [4.78, 5) is 10.5. The highest BCUT2D eigenvalue weighted by atomic mass is 79.9. The predicted molar refractivity (Wildman–Crippen MR) is 67.3 cm³/mol. The molecule has 0 aliphatic carbocycles. The van der Waals surface area contributed by atoms with Crippen molar-refractivity contribution in [2.45, 2.75) is 32.2 Å². The quantitative estimate of drug-likeness (QED) is 0.874. The van der Waals surface area contributed by atoms with E-state index in [4.69, 9.17) is 10.8 Å². The number of benzene rings is 1. The fourth-order valence-corrected chi connectivity index (χ4v) is 2.09. The summed E-state index contributed by atoms with van der Waals surface area (Å²) in [5.74, 6) is -0.800. The molecule has 0 heterocycles. The number of aryl methyl sites for hydroxylation is 1. The van der Waals surface area contributed by atoms with Crippen molar-refractivity contribution in [2.24, 2.45) is 5.73 Å². The Labute approximate surface area is 104 Å². The Kier molecular flexibility index (Phi) is 4.96. The monoisotopic (exact) mass is 285 g/mol. The average molecular weight is 286 g/mol. The van der Waals surface area contributed by atoms with E-state index in [0.29, 0.717) is 6.42 Å². The molecule has 1 rings (SSSR count). The van der Waals surface area contributed by atoms with E-state index < -0.39 is 5.97 Å². The Morgan fingerprint density at radius 3 is 2.81 bits per heavy atom. The molecule has 4 heteroatoms. The lowest BCUT2D eigenvalue weighted by Gasteiger charge is -2.15. The highest BCUT2D eigenvalue weighted by Gasteiger charge is 2.12. The van der Waals surface area contributed by atoms with Crippen LogP contribution in [-0.4, -0.2) is 11.1 Å². The van der Waals surface area contributed by atoms with Crippen LogP contribution in [0.5, 0.6) is 0 Å². The number of aliphatic carboxylic acids is 1. The van der Waals surface area contributed by atoms with Crippen LogP contribution in [0.3, 0.4) is 0 Å². The van der Waals surface area contributed by atoms with Crippen LogP contribution < -0.4 is 5.73 Å². The molecule has 0 fully saturated rings. The van der Waals surface area contributed by atoms with Gasteiger partial charge in [-0.25, -0.2) is 0 Å². The lowest BCUT2D eigenvalue weighted by atomic mass is 9.96. The molecule has 0 aliphatic rings. The van der Waals surface area contributed by atoms with Gasteiger partial charge in [-0.05, 0) is 36.1 Å². The summed E-state index contributed by atoms with van der Waals surface area (Å²) in [6.45, 7) is 2.06. The fourth-order valence-electron chi connectivity index (χ4n) is 1.68. The molecule has 0 saturated carbocycles. The van der Waals surface area contributed by atoms with Gasteiger partial charge in [0.25, 0.3) is 0 Å². The number of rotatable bonds is 5. The molecular formula is C12H16BrNO2. The van der Waals surface area contributed by atoms with Crippen LogP contribution >= 0.6 is 15.9 Å². The Morgan fingerprint density at radius 2 is 2.25 bits per heavy atom. The van der Waals surface area contributed by atoms with Gasteiger partial charge in [0, 0.05) is 16.9 Å². The number of carboxylic acids is 1. The summed E-state index contributed by atoms with van der Waals surface area (Å²) < 4.78 is 1.03. The van der Waals surface area contributed by atoms with Gasteiger partial charge in [-0.2, -0.15) is 0 Å². The number of hydrogen-bond donors (Lipinski definition) is 2. The zero-order chi connectivity index (χ0) is 12.1. The van der Waals surface area contributed by atoms with E-state index >= 15 is 0 Å². The Balaban J connectivity index is 2.81. The summed E-state index contributed by atoms with van der Waals surface area (Å²) in [5.41, 5.74) is 8.21. The van der Waals surface area contributed by atoms with Gasteiger partial charge in [-0.15, -0.1) is 0 Å². The van der Waals surface area contributed by atoms with Crippen molar-refractivity contribution < 1.29 is 9.90 Å². The van der Waals surface area contributed by atoms with E-state index in [-0.39, 0.29) is 12.5 Å². The van der Waals surface area contributed by atoms with Crippen LogP contribution in [0.2, 0.25) is 0 Å². The largest absolute Gasteiger partial charge is 0.481 e. The molecule has 16 heavy (non-hydrogen) atoms. The minimum absolute atomic E-state index is 0.111. The molecule has 1 atom stereocenters. The zero-order valence-corrected chi connectivity index (χ0v) is 10.8. The maximum atomic E-state index is 10.5. The normalized spacial score (nSPS) is 12.4. The molecule has 0 saturated heterocycles. The molecule has 0 aromatic heterocycles. The van der Waals surface area contributed by atoms with E-state index in [2.05, 4.69) is 22.9 Å².